The molecule has 30 heavy (non-hydrogen) atoms. The quantitative estimate of drug-likeness (QED) is 0.520. The Bertz CT molecular complexity index is 1100. The van der Waals surface area contributed by atoms with Gasteiger partial charge in [-0.3, -0.25) is 14.5 Å². The number of carbonyl (C=O) groups excluding carboxylic acids is 1. The predicted molar refractivity (Wildman–Crippen MR) is 130 cm³/mol. The number of pyridine rings is 1. The van der Waals surface area contributed by atoms with Crippen molar-refractivity contribution < 1.29 is 4.79 Å². The second kappa shape index (κ2) is 8.55. The second-order valence-electron chi connectivity index (χ2n) is 8.38. The van der Waals surface area contributed by atoms with Crippen LogP contribution in [0.1, 0.15) is 38.7 Å². The van der Waals surface area contributed by atoms with Crippen molar-refractivity contribution in [2.75, 3.05) is 24.5 Å². The number of piperidine rings is 1. The molecule has 0 aliphatic carbocycles. The number of thiocarbonyl (C=S) groups is 1. The summed E-state index contributed by atoms with van der Waals surface area (Å²) in [6.45, 7) is 6.57. The molecule has 2 aliphatic rings. The number of para-hydroxylation sites is 1. The first kappa shape index (κ1) is 21.1. The fourth-order valence-corrected chi connectivity index (χ4v) is 5.50. The number of carbonyl (C=O) groups is 1. The van der Waals surface area contributed by atoms with Crippen LogP contribution in [0.25, 0.3) is 17.0 Å². The van der Waals surface area contributed by atoms with Crippen molar-refractivity contribution >= 4 is 56.9 Å². The maximum absolute atomic E-state index is 13.4. The van der Waals surface area contributed by atoms with Gasteiger partial charge in [0.15, 0.2) is 0 Å². The third-order valence-electron chi connectivity index (χ3n) is 5.68. The zero-order valence-corrected chi connectivity index (χ0v) is 19.3. The lowest BCUT2D eigenvalue weighted by Crippen LogP contribution is -2.33. The van der Waals surface area contributed by atoms with E-state index in [1.54, 1.807) is 22.6 Å². The van der Waals surface area contributed by atoms with Crippen LogP contribution in [0, 0.1) is 5.92 Å². The molecule has 158 valence electrons. The van der Waals surface area contributed by atoms with Crippen molar-refractivity contribution in [3.63, 3.8) is 0 Å². The van der Waals surface area contributed by atoms with Crippen molar-refractivity contribution in [2.45, 2.75) is 33.1 Å². The second-order valence-corrected chi connectivity index (χ2v) is 10.1. The first-order valence-corrected chi connectivity index (χ1v) is 11.7. The van der Waals surface area contributed by atoms with Crippen LogP contribution in [-0.4, -0.2) is 39.3 Å². The van der Waals surface area contributed by atoms with Gasteiger partial charge in [-0.1, -0.05) is 56.0 Å². The third kappa shape index (κ3) is 3.81. The minimum Gasteiger partial charge on any atom is -0.370 e. The Morgan fingerprint density at radius 3 is 2.53 bits per heavy atom. The SMILES string of the molecule is CC(C)CN1C(=O)C(=Cc2c(N3CCCCC3)c3ccccc3n(C)c2=O)SC1=S. The van der Waals surface area contributed by atoms with Crippen molar-refractivity contribution in [2.24, 2.45) is 13.0 Å². The van der Waals surface area contributed by atoms with Gasteiger partial charge in [-0.25, -0.2) is 0 Å². The summed E-state index contributed by atoms with van der Waals surface area (Å²) in [5, 5.41) is 1.05. The van der Waals surface area contributed by atoms with Gasteiger partial charge in [0, 0.05) is 32.1 Å². The number of hydrogen-bond acceptors (Lipinski definition) is 5. The summed E-state index contributed by atoms with van der Waals surface area (Å²) in [7, 11) is 1.80. The van der Waals surface area contributed by atoms with Crippen LogP contribution in [0.2, 0.25) is 0 Å². The van der Waals surface area contributed by atoms with Gasteiger partial charge >= 0.3 is 0 Å². The molecule has 0 bridgehead atoms. The molecule has 0 N–H and O–H groups in total. The molecule has 4 rings (SSSR count). The number of nitrogens with zero attached hydrogens (tertiary/aromatic N) is 3. The Morgan fingerprint density at radius 2 is 1.83 bits per heavy atom. The van der Waals surface area contributed by atoms with Gasteiger partial charge in [-0.15, -0.1) is 0 Å². The van der Waals surface area contributed by atoms with Crippen molar-refractivity contribution in [1.29, 1.82) is 0 Å². The molecule has 1 aromatic heterocycles. The van der Waals surface area contributed by atoms with Gasteiger partial charge in [-0.2, -0.15) is 0 Å². The maximum Gasteiger partial charge on any atom is 0.266 e. The monoisotopic (exact) mass is 441 g/mol. The first-order chi connectivity index (χ1) is 14.4. The van der Waals surface area contributed by atoms with Crippen molar-refractivity contribution in [3.05, 3.63) is 45.1 Å². The van der Waals surface area contributed by atoms with Crippen molar-refractivity contribution in [1.82, 2.24) is 9.47 Å². The highest BCUT2D eigenvalue weighted by molar-refractivity contribution is 8.26. The van der Waals surface area contributed by atoms with Crippen LogP contribution in [0.4, 0.5) is 5.69 Å². The average Bonchev–Trinajstić information content (AvgIpc) is 2.99. The highest BCUT2D eigenvalue weighted by atomic mass is 32.2. The molecule has 0 unspecified atom stereocenters. The molecule has 3 heterocycles. The van der Waals surface area contributed by atoms with E-state index < -0.39 is 0 Å². The van der Waals surface area contributed by atoms with E-state index in [1.165, 1.54) is 18.2 Å². The number of benzene rings is 1. The van der Waals surface area contributed by atoms with E-state index >= 15 is 0 Å². The number of amides is 1. The van der Waals surface area contributed by atoms with Gasteiger partial charge in [-0.05, 0) is 37.3 Å². The Kier molecular flexibility index (Phi) is 6.02. The molecule has 2 saturated heterocycles. The number of rotatable bonds is 4. The van der Waals surface area contributed by atoms with E-state index in [9.17, 15) is 9.59 Å². The third-order valence-corrected chi connectivity index (χ3v) is 7.06. The molecule has 1 aromatic carbocycles. The highest BCUT2D eigenvalue weighted by Crippen LogP contribution is 2.37. The summed E-state index contributed by atoms with van der Waals surface area (Å²) in [6, 6.07) is 8.01. The number of hydrogen-bond donors (Lipinski definition) is 0. The summed E-state index contributed by atoms with van der Waals surface area (Å²) in [6.07, 6.45) is 5.21. The first-order valence-electron chi connectivity index (χ1n) is 10.5. The van der Waals surface area contributed by atoms with E-state index in [-0.39, 0.29) is 11.5 Å². The maximum atomic E-state index is 13.4. The summed E-state index contributed by atoms with van der Waals surface area (Å²) in [5.74, 6) is 0.225. The molecule has 0 atom stereocenters. The van der Waals surface area contributed by atoms with Gasteiger partial charge in [0.1, 0.15) is 4.32 Å². The number of anilines is 1. The zero-order valence-electron chi connectivity index (χ0n) is 17.7. The highest BCUT2D eigenvalue weighted by Gasteiger charge is 2.33. The van der Waals surface area contributed by atoms with Crippen LogP contribution in [0.15, 0.2) is 34.0 Å². The Hall–Kier alpha value is -2.12. The largest absolute Gasteiger partial charge is 0.370 e. The van der Waals surface area contributed by atoms with Crippen LogP contribution in [0.5, 0.6) is 0 Å². The van der Waals surface area contributed by atoms with Gasteiger partial charge in [0.25, 0.3) is 11.5 Å². The molecule has 0 saturated carbocycles. The number of thioether (sulfide) groups is 1. The van der Waals surface area contributed by atoms with E-state index in [0.29, 0.717) is 27.3 Å². The summed E-state index contributed by atoms with van der Waals surface area (Å²) in [4.78, 5) is 30.9. The van der Waals surface area contributed by atoms with Gasteiger partial charge in [0.2, 0.25) is 0 Å². The van der Waals surface area contributed by atoms with E-state index in [2.05, 4.69) is 24.8 Å². The van der Waals surface area contributed by atoms with Gasteiger partial charge in [0.05, 0.1) is 21.7 Å². The van der Waals surface area contributed by atoms with E-state index in [0.717, 1.165) is 42.5 Å². The Balaban J connectivity index is 1.89. The van der Waals surface area contributed by atoms with Crippen LogP contribution < -0.4 is 10.5 Å². The number of fused-ring (bicyclic) bond motifs is 1. The predicted octanol–water partition coefficient (Wildman–Crippen LogP) is 4.39. The fourth-order valence-electron chi connectivity index (χ4n) is 4.24. The lowest BCUT2D eigenvalue weighted by Gasteiger charge is -2.31. The van der Waals surface area contributed by atoms with E-state index in [4.69, 9.17) is 12.2 Å². The zero-order chi connectivity index (χ0) is 21.4. The summed E-state index contributed by atoms with van der Waals surface area (Å²) < 4.78 is 2.25. The molecule has 2 fully saturated rings. The standard InChI is InChI=1S/C23H27N3O2S2/c1-15(2)14-26-22(28)19(30-23(26)29)13-17-20(25-11-7-4-8-12-25)16-9-5-6-10-18(16)24(3)21(17)27/h5-6,9-10,13,15H,4,7-8,11-12,14H2,1-3H3. The lowest BCUT2D eigenvalue weighted by molar-refractivity contribution is -0.122. The van der Waals surface area contributed by atoms with Crippen LogP contribution in [0.3, 0.4) is 0 Å². The molecule has 2 aliphatic heterocycles. The van der Waals surface area contributed by atoms with Gasteiger partial charge < -0.3 is 9.47 Å². The van der Waals surface area contributed by atoms with Crippen molar-refractivity contribution in [3.8, 4) is 0 Å². The minimum atomic E-state index is -0.0986. The molecule has 5 nitrogen and oxygen atoms in total. The molecule has 0 radical (unpaired) electrons. The minimum absolute atomic E-state index is 0.0802. The number of aromatic nitrogens is 1. The lowest BCUT2D eigenvalue weighted by atomic mass is 10.0. The topological polar surface area (TPSA) is 45.6 Å². The normalized spacial score (nSPS) is 19.0. The molecular weight excluding hydrogens is 414 g/mol. The smallest absolute Gasteiger partial charge is 0.266 e. The molecule has 0 spiro atoms. The summed E-state index contributed by atoms with van der Waals surface area (Å²) >= 11 is 6.75. The fraction of sp³-hybridized carbons (Fsp3) is 0.435. The number of aryl methyl sites for hydroxylation is 1. The molecule has 1 amide bonds. The summed E-state index contributed by atoms with van der Waals surface area (Å²) in [5.41, 5.74) is 2.36. The molecule has 2 aromatic rings. The Morgan fingerprint density at radius 1 is 1.13 bits per heavy atom. The average molecular weight is 442 g/mol. The molecular formula is C23H27N3O2S2. The Labute approximate surface area is 186 Å². The van der Waals surface area contributed by atoms with E-state index in [1.807, 2.05) is 18.2 Å². The van der Waals surface area contributed by atoms with Crippen LogP contribution in [-0.2, 0) is 11.8 Å². The van der Waals surface area contributed by atoms with Crippen LogP contribution >= 0.6 is 24.0 Å². The molecule has 7 heteroatoms.